The van der Waals surface area contributed by atoms with E-state index in [1.807, 2.05) is 6.07 Å². The van der Waals surface area contributed by atoms with Gasteiger partial charge in [0.1, 0.15) is 0 Å². The summed E-state index contributed by atoms with van der Waals surface area (Å²) >= 11 is 0. The highest BCUT2D eigenvalue weighted by atomic mass is 16.6. The first kappa shape index (κ1) is 12.1. The molecule has 0 fully saturated rings. The summed E-state index contributed by atoms with van der Waals surface area (Å²) in [5.41, 5.74) is 6.57. The van der Waals surface area contributed by atoms with Crippen LogP contribution in [0, 0.1) is 0 Å². The van der Waals surface area contributed by atoms with E-state index in [0.29, 0.717) is 11.6 Å². The monoisotopic (exact) mass is 275 g/mol. The molecule has 2 aromatic carbocycles. The maximum atomic E-state index is 11.6. The molecule has 0 N–H and O–H groups in total. The van der Waals surface area contributed by atoms with Gasteiger partial charge in [-0.2, -0.15) is 0 Å². The van der Waals surface area contributed by atoms with E-state index in [2.05, 4.69) is 41.4 Å². The summed E-state index contributed by atoms with van der Waals surface area (Å²) in [6, 6.07) is 14.7. The summed E-state index contributed by atoms with van der Waals surface area (Å²) in [5, 5.41) is 0. The number of hydrogen-bond acceptors (Lipinski definition) is 3. The Morgan fingerprint density at radius 2 is 1.90 bits per heavy atom. The van der Waals surface area contributed by atoms with Crippen LogP contribution in [0.15, 0.2) is 53.2 Å². The summed E-state index contributed by atoms with van der Waals surface area (Å²) in [4.78, 5) is 15.7. The Labute approximate surface area is 122 Å². The van der Waals surface area contributed by atoms with Gasteiger partial charge in [0, 0.05) is 6.92 Å². The molecule has 2 aromatic rings. The Kier molecular flexibility index (Phi) is 2.54. The molecular weight excluding hydrogens is 262 g/mol. The second-order valence-corrected chi connectivity index (χ2v) is 5.30. The Balaban J connectivity index is 1.74. The Bertz CT molecular complexity index is 831. The van der Waals surface area contributed by atoms with Crippen molar-refractivity contribution < 1.29 is 9.53 Å². The van der Waals surface area contributed by atoms with Crippen LogP contribution in [0.4, 0.5) is 0 Å². The molecule has 0 radical (unpaired) electrons. The molecule has 0 bridgehead atoms. The van der Waals surface area contributed by atoms with Gasteiger partial charge in [0.05, 0.1) is 0 Å². The zero-order chi connectivity index (χ0) is 14.4. The van der Waals surface area contributed by atoms with Crippen molar-refractivity contribution in [3.63, 3.8) is 0 Å². The zero-order valence-electron chi connectivity index (χ0n) is 11.6. The lowest BCUT2D eigenvalue weighted by Gasteiger charge is -2.02. The highest BCUT2D eigenvalue weighted by Gasteiger charge is 2.21. The lowest BCUT2D eigenvalue weighted by Crippen LogP contribution is -1.99. The SMILES string of the molecule is CC1=N/C(=C\c2ccc3c(c2)Cc2ccccc2-3)C(=O)O1. The van der Waals surface area contributed by atoms with Crippen LogP contribution in [0.1, 0.15) is 23.6 Å². The third-order valence-corrected chi connectivity index (χ3v) is 3.85. The third-order valence-electron chi connectivity index (χ3n) is 3.85. The second-order valence-electron chi connectivity index (χ2n) is 5.30. The normalized spacial score (nSPS) is 17.5. The fourth-order valence-electron chi connectivity index (χ4n) is 2.93. The predicted octanol–water partition coefficient (Wildman–Crippen LogP) is 3.57. The van der Waals surface area contributed by atoms with Gasteiger partial charge in [0.15, 0.2) is 11.6 Å². The molecule has 0 unspecified atom stereocenters. The Morgan fingerprint density at radius 3 is 2.71 bits per heavy atom. The molecule has 4 rings (SSSR count). The van der Waals surface area contributed by atoms with E-state index in [-0.39, 0.29) is 5.97 Å². The van der Waals surface area contributed by atoms with Crippen molar-refractivity contribution >= 4 is 17.9 Å². The second kappa shape index (κ2) is 4.42. The maximum absolute atomic E-state index is 11.6. The van der Waals surface area contributed by atoms with E-state index in [9.17, 15) is 4.79 Å². The number of esters is 1. The third kappa shape index (κ3) is 1.98. The van der Waals surface area contributed by atoms with E-state index in [4.69, 9.17) is 4.74 Å². The number of carbonyl (C=O) groups is 1. The molecule has 2 aliphatic rings. The number of ether oxygens (including phenoxy) is 1. The van der Waals surface area contributed by atoms with Crippen molar-refractivity contribution in [3.8, 4) is 11.1 Å². The van der Waals surface area contributed by atoms with E-state index in [1.54, 1.807) is 13.0 Å². The topological polar surface area (TPSA) is 38.7 Å². The number of rotatable bonds is 1. The molecule has 102 valence electrons. The largest absolute Gasteiger partial charge is 0.407 e. The van der Waals surface area contributed by atoms with Crippen LogP contribution in [0.5, 0.6) is 0 Å². The lowest BCUT2D eigenvalue weighted by atomic mass is 10.0. The van der Waals surface area contributed by atoms with E-state index in [1.165, 1.54) is 22.3 Å². The molecule has 0 spiro atoms. The van der Waals surface area contributed by atoms with E-state index >= 15 is 0 Å². The molecule has 0 saturated heterocycles. The molecule has 1 aliphatic carbocycles. The van der Waals surface area contributed by atoms with Crippen molar-refractivity contribution in [3.05, 3.63) is 64.9 Å². The Hall–Kier alpha value is -2.68. The minimum atomic E-state index is -0.378. The van der Waals surface area contributed by atoms with Gasteiger partial charge in [-0.05, 0) is 40.3 Å². The van der Waals surface area contributed by atoms with Crippen molar-refractivity contribution in [2.45, 2.75) is 13.3 Å². The minimum absolute atomic E-state index is 0.364. The van der Waals surface area contributed by atoms with Gasteiger partial charge < -0.3 is 4.74 Å². The molecule has 3 nitrogen and oxygen atoms in total. The molecule has 3 heteroatoms. The first-order chi connectivity index (χ1) is 10.2. The maximum Gasteiger partial charge on any atom is 0.363 e. The number of fused-ring (bicyclic) bond motifs is 3. The van der Waals surface area contributed by atoms with Crippen LogP contribution >= 0.6 is 0 Å². The summed E-state index contributed by atoms with van der Waals surface area (Å²) in [6.07, 6.45) is 2.72. The highest BCUT2D eigenvalue weighted by molar-refractivity contribution is 6.06. The van der Waals surface area contributed by atoms with Gasteiger partial charge in [-0.25, -0.2) is 9.79 Å². The molecule has 21 heavy (non-hydrogen) atoms. The van der Waals surface area contributed by atoms with Gasteiger partial charge in [-0.3, -0.25) is 0 Å². The van der Waals surface area contributed by atoms with Gasteiger partial charge >= 0.3 is 5.97 Å². The van der Waals surface area contributed by atoms with Crippen LogP contribution < -0.4 is 0 Å². The Morgan fingerprint density at radius 1 is 1.10 bits per heavy atom. The van der Waals surface area contributed by atoms with Crippen molar-refractivity contribution in [2.24, 2.45) is 4.99 Å². The number of carbonyl (C=O) groups excluding carboxylic acids is 1. The van der Waals surface area contributed by atoms with E-state index < -0.39 is 0 Å². The van der Waals surface area contributed by atoms with Gasteiger partial charge in [-0.15, -0.1) is 0 Å². The van der Waals surface area contributed by atoms with Gasteiger partial charge in [0.25, 0.3) is 0 Å². The molecular formula is C18H13NO2. The average Bonchev–Trinajstić information content (AvgIpc) is 2.98. The number of aliphatic imine (C=N–C) groups is 1. The number of nitrogens with zero attached hydrogens (tertiary/aromatic N) is 1. The molecule has 1 aliphatic heterocycles. The van der Waals surface area contributed by atoms with Gasteiger partial charge in [-0.1, -0.05) is 42.5 Å². The predicted molar refractivity (Wildman–Crippen MR) is 81.9 cm³/mol. The fraction of sp³-hybridized carbons (Fsp3) is 0.111. The number of hydrogen-bond donors (Lipinski definition) is 0. The van der Waals surface area contributed by atoms with Crippen LogP contribution in [-0.4, -0.2) is 11.9 Å². The van der Waals surface area contributed by atoms with Crippen LogP contribution in [-0.2, 0) is 16.0 Å². The average molecular weight is 275 g/mol. The molecule has 0 atom stereocenters. The zero-order valence-corrected chi connectivity index (χ0v) is 11.6. The van der Waals surface area contributed by atoms with Crippen LogP contribution in [0.25, 0.3) is 17.2 Å². The standard InChI is InChI=1S/C18H13NO2/c1-11-19-17(18(20)21-11)9-12-6-7-16-14(8-12)10-13-4-2-3-5-15(13)16/h2-9H,10H2,1H3/b17-9-. The van der Waals surface area contributed by atoms with Crippen molar-refractivity contribution in [2.75, 3.05) is 0 Å². The number of benzene rings is 2. The van der Waals surface area contributed by atoms with Crippen LogP contribution in [0.3, 0.4) is 0 Å². The summed E-state index contributed by atoms with van der Waals surface area (Å²) in [7, 11) is 0. The molecule has 0 aromatic heterocycles. The quantitative estimate of drug-likeness (QED) is 0.503. The molecule has 0 saturated carbocycles. The first-order valence-corrected chi connectivity index (χ1v) is 6.91. The summed E-state index contributed by atoms with van der Waals surface area (Å²) < 4.78 is 4.93. The smallest absolute Gasteiger partial charge is 0.363 e. The minimum Gasteiger partial charge on any atom is -0.407 e. The fourth-order valence-corrected chi connectivity index (χ4v) is 2.93. The van der Waals surface area contributed by atoms with E-state index in [0.717, 1.165) is 12.0 Å². The first-order valence-electron chi connectivity index (χ1n) is 6.91. The summed E-state index contributed by atoms with van der Waals surface area (Å²) in [5.74, 6) is 0.0242. The summed E-state index contributed by atoms with van der Waals surface area (Å²) in [6.45, 7) is 1.68. The van der Waals surface area contributed by atoms with Crippen molar-refractivity contribution in [1.29, 1.82) is 0 Å². The lowest BCUT2D eigenvalue weighted by molar-refractivity contribution is -0.130. The molecule has 1 heterocycles. The van der Waals surface area contributed by atoms with Crippen LogP contribution in [0.2, 0.25) is 0 Å². The van der Waals surface area contributed by atoms with Gasteiger partial charge in [0.2, 0.25) is 0 Å². The highest BCUT2D eigenvalue weighted by Crippen LogP contribution is 2.37. The van der Waals surface area contributed by atoms with Crippen molar-refractivity contribution in [1.82, 2.24) is 0 Å². The number of cyclic esters (lactones) is 1. The molecule has 0 amide bonds.